The fraction of sp³-hybridized carbons (Fsp3) is 0.667. The first-order valence-corrected chi connectivity index (χ1v) is 2.86. The number of aliphatic hydroxyl groups excluding tert-OH is 1. The van der Waals surface area contributed by atoms with Gasteiger partial charge in [-0.1, -0.05) is 19.1 Å². The second kappa shape index (κ2) is 4.81. The third-order valence-electron chi connectivity index (χ3n) is 0.780. The van der Waals surface area contributed by atoms with Crippen LogP contribution < -0.4 is 5.73 Å². The number of allylic oxidation sites excluding steroid dienone is 1. The van der Waals surface area contributed by atoms with Crippen molar-refractivity contribution in [1.29, 1.82) is 0 Å². The van der Waals surface area contributed by atoms with Crippen LogP contribution in [-0.2, 0) is 0 Å². The van der Waals surface area contributed by atoms with E-state index in [-0.39, 0.29) is 0 Å². The van der Waals surface area contributed by atoms with Gasteiger partial charge < -0.3 is 10.8 Å². The summed E-state index contributed by atoms with van der Waals surface area (Å²) in [5.41, 5.74) is 5.04. The quantitative estimate of drug-likeness (QED) is 0.418. The molecule has 0 aromatic rings. The van der Waals surface area contributed by atoms with Crippen LogP contribution in [0.2, 0.25) is 0 Å². The zero-order valence-electron chi connectivity index (χ0n) is 5.17. The van der Waals surface area contributed by atoms with E-state index in [1.165, 1.54) is 0 Å². The molecule has 1 unspecified atom stereocenters. The number of hydrogen-bond donors (Lipinski definition) is 2. The predicted octanol–water partition coefficient (Wildman–Crippen LogP) is 0.620. The first kappa shape index (κ1) is 7.66. The lowest BCUT2D eigenvalue weighted by molar-refractivity contribution is 0.186. The molecule has 3 N–H and O–H groups in total. The Morgan fingerprint density at radius 3 is 2.62 bits per heavy atom. The van der Waals surface area contributed by atoms with E-state index < -0.39 is 6.23 Å². The molecule has 0 bridgehead atoms. The maximum absolute atomic E-state index is 8.51. The monoisotopic (exact) mass is 115 g/mol. The van der Waals surface area contributed by atoms with Crippen molar-refractivity contribution < 1.29 is 5.11 Å². The van der Waals surface area contributed by atoms with Gasteiger partial charge in [-0.2, -0.15) is 0 Å². The molecule has 48 valence electrons. The number of nitrogens with two attached hydrogens (primary N) is 1. The summed E-state index contributed by atoms with van der Waals surface area (Å²) >= 11 is 0. The van der Waals surface area contributed by atoms with Crippen LogP contribution in [0.3, 0.4) is 0 Å². The minimum absolute atomic E-state index is 0.563. The van der Waals surface area contributed by atoms with Gasteiger partial charge in [-0.05, 0) is 6.42 Å². The number of hydrogen-bond acceptors (Lipinski definition) is 2. The van der Waals surface area contributed by atoms with E-state index in [2.05, 4.69) is 0 Å². The Hall–Kier alpha value is -0.340. The molecule has 0 aliphatic rings. The Bertz CT molecular complexity index is 68.9. The van der Waals surface area contributed by atoms with Gasteiger partial charge in [0.15, 0.2) is 0 Å². The third kappa shape index (κ3) is 5.66. The zero-order valence-corrected chi connectivity index (χ0v) is 5.17. The summed E-state index contributed by atoms with van der Waals surface area (Å²) < 4.78 is 0. The van der Waals surface area contributed by atoms with Gasteiger partial charge in [0.2, 0.25) is 0 Å². The summed E-state index contributed by atoms with van der Waals surface area (Å²) in [7, 11) is 0. The minimum Gasteiger partial charge on any atom is -0.379 e. The average Bonchev–Trinajstić information content (AvgIpc) is 1.66. The Kier molecular flexibility index (Phi) is 4.61. The number of rotatable bonds is 3. The molecule has 8 heavy (non-hydrogen) atoms. The van der Waals surface area contributed by atoms with Crippen LogP contribution in [0.25, 0.3) is 0 Å². The summed E-state index contributed by atoms with van der Waals surface area (Å²) in [6, 6.07) is 0. The van der Waals surface area contributed by atoms with Crippen molar-refractivity contribution in [2.45, 2.75) is 26.0 Å². The van der Waals surface area contributed by atoms with Crippen LogP contribution in [0.15, 0.2) is 12.2 Å². The molecule has 0 aromatic heterocycles. The molecule has 0 radical (unpaired) electrons. The molecule has 0 saturated heterocycles. The molecule has 0 aliphatic heterocycles. The molecule has 0 amide bonds. The van der Waals surface area contributed by atoms with Gasteiger partial charge in [0.05, 0.1) is 0 Å². The van der Waals surface area contributed by atoms with Gasteiger partial charge in [0, 0.05) is 6.42 Å². The first-order valence-electron chi connectivity index (χ1n) is 2.86. The second-order valence-electron chi connectivity index (χ2n) is 1.68. The summed E-state index contributed by atoms with van der Waals surface area (Å²) in [6.45, 7) is 2.04. The van der Waals surface area contributed by atoms with Gasteiger partial charge in [-0.3, -0.25) is 0 Å². The topological polar surface area (TPSA) is 46.2 Å². The Morgan fingerprint density at radius 2 is 2.25 bits per heavy atom. The number of aliphatic hydroxyl groups is 1. The van der Waals surface area contributed by atoms with Crippen molar-refractivity contribution in [3.05, 3.63) is 12.2 Å². The van der Waals surface area contributed by atoms with Gasteiger partial charge in [-0.25, -0.2) is 0 Å². The Balaban J connectivity index is 3.03. The van der Waals surface area contributed by atoms with E-state index in [9.17, 15) is 0 Å². The van der Waals surface area contributed by atoms with Crippen LogP contribution in [0, 0.1) is 0 Å². The summed E-state index contributed by atoms with van der Waals surface area (Å²) in [5.74, 6) is 0. The largest absolute Gasteiger partial charge is 0.379 e. The maximum atomic E-state index is 8.51. The molecule has 0 aromatic carbocycles. The van der Waals surface area contributed by atoms with Gasteiger partial charge in [0.1, 0.15) is 6.23 Å². The molecular weight excluding hydrogens is 102 g/mol. The lowest BCUT2D eigenvalue weighted by Gasteiger charge is -1.94. The summed E-state index contributed by atoms with van der Waals surface area (Å²) in [4.78, 5) is 0. The molecule has 0 aliphatic carbocycles. The van der Waals surface area contributed by atoms with E-state index in [1.807, 2.05) is 19.1 Å². The van der Waals surface area contributed by atoms with Crippen LogP contribution in [-0.4, -0.2) is 11.3 Å². The van der Waals surface area contributed by atoms with Crippen LogP contribution >= 0.6 is 0 Å². The molecule has 0 spiro atoms. The van der Waals surface area contributed by atoms with Crippen molar-refractivity contribution in [2.75, 3.05) is 0 Å². The molecule has 0 saturated carbocycles. The predicted molar refractivity (Wildman–Crippen MR) is 34.2 cm³/mol. The van der Waals surface area contributed by atoms with Gasteiger partial charge in [-0.15, -0.1) is 0 Å². The molecule has 0 heterocycles. The summed E-state index contributed by atoms with van der Waals surface area (Å²) in [6.07, 6.45) is 4.75. The normalized spacial score (nSPS) is 14.9. The van der Waals surface area contributed by atoms with Crippen LogP contribution in [0.5, 0.6) is 0 Å². The minimum atomic E-state index is -0.683. The second-order valence-corrected chi connectivity index (χ2v) is 1.68. The zero-order chi connectivity index (χ0) is 6.41. The van der Waals surface area contributed by atoms with Crippen molar-refractivity contribution in [3.63, 3.8) is 0 Å². The van der Waals surface area contributed by atoms with E-state index in [1.54, 1.807) is 0 Å². The van der Waals surface area contributed by atoms with Gasteiger partial charge >= 0.3 is 0 Å². The lowest BCUT2D eigenvalue weighted by Crippen LogP contribution is -2.16. The van der Waals surface area contributed by atoms with Crippen LogP contribution in [0.1, 0.15) is 19.8 Å². The van der Waals surface area contributed by atoms with E-state index in [0.717, 1.165) is 6.42 Å². The van der Waals surface area contributed by atoms with Gasteiger partial charge in [0.25, 0.3) is 0 Å². The fourth-order valence-electron chi connectivity index (χ4n) is 0.402. The average molecular weight is 115 g/mol. The highest BCUT2D eigenvalue weighted by molar-refractivity contribution is 4.81. The van der Waals surface area contributed by atoms with Crippen LogP contribution in [0.4, 0.5) is 0 Å². The van der Waals surface area contributed by atoms with E-state index in [4.69, 9.17) is 10.8 Å². The van der Waals surface area contributed by atoms with Crippen molar-refractivity contribution in [1.82, 2.24) is 0 Å². The third-order valence-corrected chi connectivity index (χ3v) is 0.780. The summed E-state index contributed by atoms with van der Waals surface area (Å²) in [5, 5.41) is 8.51. The Labute approximate surface area is 50.0 Å². The molecular formula is C6H13NO. The van der Waals surface area contributed by atoms with E-state index in [0.29, 0.717) is 6.42 Å². The maximum Gasteiger partial charge on any atom is 0.105 e. The highest BCUT2D eigenvalue weighted by Gasteiger charge is 1.86. The first-order chi connectivity index (χ1) is 3.77. The van der Waals surface area contributed by atoms with Crippen molar-refractivity contribution in [2.24, 2.45) is 5.73 Å². The highest BCUT2D eigenvalue weighted by Crippen LogP contribution is 1.86. The van der Waals surface area contributed by atoms with Crippen molar-refractivity contribution in [3.8, 4) is 0 Å². The van der Waals surface area contributed by atoms with Crippen molar-refractivity contribution >= 4 is 0 Å². The van der Waals surface area contributed by atoms with E-state index >= 15 is 0 Å². The molecule has 1 atom stereocenters. The molecule has 2 heteroatoms. The highest BCUT2D eigenvalue weighted by atomic mass is 16.3. The SMILES string of the molecule is CCC=CCC(N)O. The lowest BCUT2D eigenvalue weighted by atomic mass is 10.3. The standard InChI is InChI=1S/C6H13NO/c1-2-3-4-5-6(7)8/h3-4,6,8H,2,5,7H2,1H3. The smallest absolute Gasteiger partial charge is 0.105 e. The molecule has 0 fully saturated rings. The fourth-order valence-corrected chi connectivity index (χ4v) is 0.402. The molecule has 0 rings (SSSR count). The Morgan fingerprint density at radius 1 is 1.62 bits per heavy atom. The molecule has 2 nitrogen and oxygen atoms in total.